The number of nitrogens with one attached hydrogen (secondary N) is 1. The maximum absolute atomic E-state index is 12.5. The molecule has 0 aliphatic rings. The van der Waals surface area contributed by atoms with Crippen molar-refractivity contribution in [1.29, 1.82) is 0 Å². The van der Waals surface area contributed by atoms with Crippen molar-refractivity contribution in [2.75, 3.05) is 11.9 Å². The summed E-state index contributed by atoms with van der Waals surface area (Å²) in [5.41, 5.74) is 6.66. The number of aryl methyl sites for hydroxylation is 2. The van der Waals surface area contributed by atoms with Crippen LogP contribution in [0.4, 0.5) is 5.69 Å². The third-order valence-electron chi connectivity index (χ3n) is 5.17. The highest BCUT2D eigenvalue weighted by atomic mass is 35.5. The van der Waals surface area contributed by atoms with Crippen molar-refractivity contribution in [3.63, 3.8) is 0 Å². The van der Waals surface area contributed by atoms with Gasteiger partial charge < -0.3 is 10.1 Å². The lowest BCUT2D eigenvalue weighted by molar-refractivity contribution is -0.118. The zero-order chi connectivity index (χ0) is 22.7. The number of carbonyl (C=O) groups is 1. The van der Waals surface area contributed by atoms with E-state index in [-0.39, 0.29) is 12.5 Å². The summed E-state index contributed by atoms with van der Waals surface area (Å²) in [6, 6.07) is 19.3. The van der Waals surface area contributed by atoms with Crippen molar-refractivity contribution < 1.29 is 9.53 Å². The largest absolute Gasteiger partial charge is 0.483 e. The van der Waals surface area contributed by atoms with E-state index in [2.05, 4.69) is 11.4 Å². The van der Waals surface area contributed by atoms with E-state index in [1.165, 1.54) is 11.3 Å². The molecular formula is C26H23ClN2O2S. The van der Waals surface area contributed by atoms with Crippen molar-refractivity contribution in [2.24, 2.45) is 0 Å². The molecule has 162 valence electrons. The maximum atomic E-state index is 12.5. The van der Waals surface area contributed by atoms with Crippen LogP contribution in [0.15, 0.2) is 66.0 Å². The molecule has 4 rings (SSSR count). The summed E-state index contributed by atoms with van der Waals surface area (Å²) in [6.45, 7) is 5.99. The van der Waals surface area contributed by atoms with Crippen molar-refractivity contribution >= 4 is 34.5 Å². The molecule has 0 aliphatic carbocycles. The number of nitrogens with zero attached hydrogens (tertiary/aromatic N) is 1. The molecule has 0 fully saturated rings. The number of amides is 1. The van der Waals surface area contributed by atoms with Crippen molar-refractivity contribution in [2.45, 2.75) is 20.8 Å². The number of thiazole rings is 1. The number of anilines is 1. The fourth-order valence-corrected chi connectivity index (χ4v) is 4.56. The van der Waals surface area contributed by atoms with Gasteiger partial charge in [0.05, 0.1) is 10.7 Å². The van der Waals surface area contributed by atoms with Gasteiger partial charge in [-0.25, -0.2) is 4.98 Å². The predicted molar refractivity (Wildman–Crippen MR) is 133 cm³/mol. The fourth-order valence-electron chi connectivity index (χ4n) is 3.41. The molecule has 4 aromatic rings. The van der Waals surface area contributed by atoms with Gasteiger partial charge in [0, 0.05) is 22.2 Å². The Kier molecular flexibility index (Phi) is 6.58. The number of ether oxygens (including phenoxy) is 1. The Labute approximate surface area is 196 Å². The van der Waals surface area contributed by atoms with Crippen LogP contribution in [0, 0.1) is 20.8 Å². The molecule has 0 bridgehead atoms. The van der Waals surface area contributed by atoms with E-state index < -0.39 is 0 Å². The zero-order valence-corrected chi connectivity index (χ0v) is 19.7. The maximum Gasteiger partial charge on any atom is 0.262 e. The first kappa shape index (κ1) is 22.1. The lowest BCUT2D eigenvalue weighted by Crippen LogP contribution is -2.20. The Hall–Kier alpha value is -3.15. The molecule has 0 atom stereocenters. The SMILES string of the molecule is Cc1cc(C)c(C)c(OCC(=O)Nc2cccc(-c3csc(-c4ccccc4Cl)n3)c2)c1. The van der Waals surface area contributed by atoms with Gasteiger partial charge in [-0.1, -0.05) is 48.0 Å². The number of halogens is 1. The van der Waals surface area contributed by atoms with E-state index in [1.807, 2.05) is 80.7 Å². The first-order chi connectivity index (χ1) is 15.4. The van der Waals surface area contributed by atoms with E-state index in [0.717, 1.165) is 44.3 Å². The van der Waals surface area contributed by atoms with Crippen LogP contribution >= 0.6 is 22.9 Å². The fraction of sp³-hybridized carbons (Fsp3) is 0.154. The van der Waals surface area contributed by atoms with E-state index in [0.29, 0.717) is 10.7 Å². The minimum atomic E-state index is -0.212. The summed E-state index contributed by atoms with van der Waals surface area (Å²) in [5, 5.41) is 6.43. The first-order valence-corrected chi connectivity index (χ1v) is 11.5. The molecule has 0 aliphatic heterocycles. The van der Waals surface area contributed by atoms with Gasteiger partial charge in [-0.15, -0.1) is 11.3 Å². The molecule has 1 aromatic heterocycles. The number of carbonyl (C=O) groups excluding carboxylic acids is 1. The van der Waals surface area contributed by atoms with Crippen LogP contribution in [0.25, 0.3) is 21.8 Å². The first-order valence-electron chi connectivity index (χ1n) is 10.2. The molecule has 0 saturated carbocycles. The summed E-state index contributed by atoms with van der Waals surface area (Å²) < 4.78 is 5.78. The Morgan fingerprint density at radius 1 is 1.06 bits per heavy atom. The number of aromatic nitrogens is 1. The average Bonchev–Trinajstić information content (AvgIpc) is 3.26. The average molecular weight is 463 g/mol. The third kappa shape index (κ3) is 5.01. The van der Waals surface area contributed by atoms with Gasteiger partial charge in [0.1, 0.15) is 10.8 Å². The highest BCUT2D eigenvalue weighted by Crippen LogP contribution is 2.33. The second kappa shape index (κ2) is 9.55. The molecule has 0 saturated heterocycles. The van der Waals surface area contributed by atoms with Crippen LogP contribution in [0.5, 0.6) is 5.75 Å². The molecule has 0 unspecified atom stereocenters. The Bertz CT molecular complexity index is 1280. The van der Waals surface area contributed by atoms with Gasteiger partial charge in [0.25, 0.3) is 5.91 Å². The van der Waals surface area contributed by atoms with Crippen LogP contribution in [-0.2, 0) is 4.79 Å². The van der Waals surface area contributed by atoms with Gasteiger partial charge in [-0.3, -0.25) is 4.79 Å². The smallest absolute Gasteiger partial charge is 0.262 e. The number of benzene rings is 3. The number of hydrogen-bond acceptors (Lipinski definition) is 4. The van der Waals surface area contributed by atoms with Crippen molar-refractivity contribution in [3.05, 3.63) is 87.8 Å². The lowest BCUT2D eigenvalue weighted by Gasteiger charge is -2.12. The van der Waals surface area contributed by atoms with Gasteiger partial charge in [-0.05, 0) is 61.7 Å². The van der Waals surface area contributed by atoms with E-state index in [4.69, 9.17) is 21.3 Å². The van der Waals surface area contributed by atoms with E-state index in [9.17, 15) is 4.79 Å². The summed E-state index contributed by atoms with van der Waals surface area (Å²) in [6.07, 6.45) is 0. The summed E-state index contributed by atoms with van der Waals surface area (Å²) >= 11 is 7.84. The molecule has 4 nitrogen and oxygen atoms in total. The van der Waals surface area contributed by atoms with Crippen LogP contribution < -0.4 is 10.1 Å². The normalized spacial score (nSPS) is 10.8. The quantitative estimate of drug-likeness (QED) is 0.333. The summed E-state index contributed by atoms with van der Waals surface area (Å²) in [7, 11) is 0. The summed E-state index contributed by atoms with van der Waals surface area (Å²) in [4.78, 5) is 17.2. The standard InChI is InChI=1S/C26H23ClN2O2S/c1-16-11-17(2)18(3)24(12-16)31-14-25(30)28-20-8-6-7-19(13-20)23-15-32-26(29-23)21-9-4-5-10-22(21)27/h4-13,15H,14H2,1-3H3,(H,28,30). The van der Waals surface area contributed by atoms with Crippen LogP contribution in [0.2, 0.25) is 5.02 Å². The van der Waals surface area contributed by atoms with Gasteiger partial charge >= 0.3 is 0 Å². The highest BCUT2D eigenvalue weighted by molar-refractivity contribution is 7.13. The van der Waals surface area contributed by atoms with E-state index >= 15 is 0 Å². The van der Waals surface area contributed by atoms with Crippen molar-refractivity contribution in [1.82, 2.24) is 4.98 Å². The molecule has 0 radical (unpaired) electrons. The molecule has 1 N–H and O–H groups in total. The van der Waals surface area contributed by atoms with Crippen LogP contribution in [-0.4, -0.2) is 17.5 Å². The van der Waals surface area contributed by atoms with Gasteiger partial charge in [0.2, 0.25) is 0 Å². The number of hydrogen-bond donors (Lipinski definition) is 1. The topological polar surface area (TPSA) is 51.2 Å². The predicted octanol–water partition coefficient (Wildman–Crippen LogP) is 7.07. The molecule has 1 heterocycles. The van der Waals surface area contributed by atoms with Crippen LogP contribution in [0.3, 0.4) is 0 Å². The monoisotopic (exact) mass is 462 g/mol. The van der Waals surface area contributed by atoms with E-state index in [1.54, 1.807) is 0 Å². The zero-order valence-electron chi connectivity index (χ0n) is 18.1. The Morgan fingerprint density at radius 2 is 1.88 bits per heavy atom. The molecule has 0 spiro atoms. The Morgan fingerprint density at radius 3 is 2.69 bits per heavy atom. The number of rotatable bonds is 6. The molecular weight excluding hydrogens is 440 g/mol. The molecule has 1 amide bonds. The van der Waals surface area contributed by atoms with Gasteiger partial charge in [-0.2, -0.15) is 0 Å². The minimum absolute atomic E-state index is 0.0542. The summed E-state index contributed by atoms with van der Waals surface area (Å²) in [5.74, 6) is 0.525. The third-order valence-corrected chi connectivity index (χ3v) is 6.38. The minimum Gasteiger partial charge on any atom is -0.483 e. The molecule has 3 aromatic carbocycles. The second-order valence-electron chi connectivity index (χ2n) is 7.64. The highest BCUT2D eigenvalue weighted by Gasteiger charge is 2.11. The lowest BCUT2D eigenvalue weighted by atomic mass is 10.1. The van der Waals surface area contributed by atoms with Gasteiger partial charge in [0.15, 0.2) is 6.61 Å². The van der Waals surface area contributed by atoms with Crippen LogP contribution in [0.1, 0.15) is 16.7 Å². The van der Waals surface area contributed by atoms with Crippen molar-refractivity contribution in [3.8, 4) is 27.6 Å². The second-order valence-corrected chi connectivity index (χ2v) is 8.91. The molecule has 32 heavy (non-hydrogen) atoms. The molecule has 6 heteroatoms. The Balaban J connectivity index is 1.45.